The summed E-state index contributed by atoms with van der Waals surface area (Å²) < 4.78 is 19.2. The Hall–Kier alpha value is -1.86. The average molecular weight is 292 g/mol. The lowest BCUT2D eigenvalue weighted by Gasteiger charge is -2.07. The maximum atomic E-state index is 13.0. The number of benzene rings is 2. The molecule has 0 saturated heterocycles. The molecular weight excluding hydrogens is 285 g/mol. The third-order valence-electron chi connectivity index (χ3n) is 2.09. The Morgan fingerprint density at radius 3 is 2.71 bits per heavy atom. The summed E-state index contributed by atoms with van der Waals surface area (Å²) in [5.74, 6) is 0.378. The summed E-state index contributed by atoms with van der Waals surface area (Å²) in [6, 6.07) is 12.9. The van der Waals surface area contributed by atoms with Gasteiger partial charge < -0.3 is 4.74 Å². The van der Waals surface area contributed by atoms with Crippen LogP contribution in [0.4, 0.5) is 4.39 Å². The van der Waals surface area contributed by atoms with Crippen molar-refractivity contribution in [2.24, 2.45) is 0 Å². The van der Waals surface area contributed by atoms with E-state index in [-0.39, 0.29) is 5.82 Å². The Labute approximate surface area is 106 Å². The Morgan fingerprint density at radius 2 is 2.00 bits per heavy atom. The van der Waals surface area contributed by atoms with Gasteiger partial charge in [-0.15, -0.1) is 0 Å². The first-order valence-electron chi connectivity index (χ1n) is 4.82. The topological polar surface area (TPSA) is 33.0 Å². The molecule has 0 atom stereocenters. The van der Waals surface area contributed by atoms with E-state index in [0.29, 0.717) is 17.1 Å². The summed E-state index contributed by atoms with van der Waals surface area (Å²) in [6.07, 6.45) is 0. The molecule has 2 aromatic carbocycles. The SMILES string of the molecule is N#Cc1ccc(Br)cc1Oc1cccc(F)c1. The Kier molecular flexibility index (Phi) is 3.40. The first-order valence-corrected chi connectivity index (χ1v) is 5.61. The van der Waals surface area contributed by atoms with Gasteiger partial charge in [-0.1, -0.05) is 22.0 Å². The van der Waals surface area contributed by atoms with Crippen molar-refractivity contribution in [3.05, 3.63) is 58.3 Å². The molecule has 0 amide bonds. The van der Waals surface area contributed by atoms with Gasteiger partial charge in [0.05, 0.1) is 5.56 Å². The van der Waals surface area contributed by atoms with Crippen LogP contribution >= 0.6 is 15.9 Å². The highest BCUT2D eigenvalue weighted by atomic mass is 79.9. The number of nitrogens with zero attached hydrogens (tertiary/aromatic N) is 1. The monoisotopic (exact) mass is 291 g/mol. The van der Waals surface area contributed by atoms with Crippen molar-refractivity contribution in [2.75, 3.05) is 0 Å². The quantitative estimate of drug-likeness (QED) is 0.828. The molecule has 2 nitrogen and oxygen atoms in total. The van der Waals surface area contributed by atoms with Crippen molar-refractivity contribution in [1.29, 1.82) is 5.26 Å². The molecule has 0 fully saturated rings. The highest BCUT2D eigenvalue weighted by Crippen LogP contribution is 2.28. The summed E-state index contributed by atoms with van der Waals surface area (Å²) in [5.41, 5.74) is 0.400. The van der Waals surface area contributed by atoms with Crippen molar-refractivity contribution >= 4 is 15.9 Å². The molecule has 0 saturated carbocycles. The third-order valence-corrected chi connectivity index (χ3v) is 2.58. The number of ether oxygens (including phenoxy) is 1. The van der Waals surface area contributed by atoms with E-state index in [9.17, 15) is 4.39 Å². The Morgan fingerprint density at radius 1 is 1.18 bits per heavy atom. The van der Waals surface area contributed by atoms with E-state index >= 15 is 0 Å². The largest absolute Gasteiger partial charge is 0.456 e. The van der Waals surface area contributed by atoms with E-state index in [1.165, 1.54) is 12.1 Å². The molecular formula is C13H7BrFNO. The number of hydrogen-bond donors (Lipinski definition) is 0. The zero-order valence-corrected chi connectivity index (χ0v) is 10.2. The highest BCUT2D eigenvalue weighted by Gasteiger charge is 2.05. The standard InChI is InChI=1S/C13H7BrFNO/c14-10-5-4-9(8-16)13(6-10)17-12-3-1-2-11(15)7-12/h1-7H. The number of hydrogen-bond acceptors (Lipinski definition) is 2. The van der Waals surface area contributed by atoms with Crippen LogP contribution in [0, 0.1) is 17.1 Å². The van der Waals surface area contributed by atoms with E-state index in [4.69, 9.17) is 10.00 Å². The van der Waals surface area contributed by atoms with E-state index in [0.717, 1.165) is 4.47 Å². The van der Waals surface area contributed by atoms with Gasteiger partial charge >= 0.3 is 0 Å². The average Bonchev–Trinajstić information content (AvgIpc) is 2.29. The molecule has 0 spiro atoms. The van der Waals surface area contributed by atoms with Gasteiger partial charge in [0, 0.05) is 10.5 Å². The molecule has 4 heteroatoms. The van der Waals surface area contributed by atoms with Gasteiger partial charge in [0.25, 0.3) is 0 Å². The van der Waals surface area contributed by atoms with Crippen LogP contribution < -0.4 is 4.74 Å². The van der Waals surface area contributed by atoms with Crippen LogP contribution in [0.5, 0.6) is 11.5 Å². The summed E-state index contributed by atoms with van der Waals surface area (Å²) >= 11 is 3.29. The first kappa shape index (κ1) is 11.6. The normalized spacial score (nSPS) is 9.71. The zero-order chi connectivity index (χ0) is 12.3. The second-order valence-corrected chi connectivity index (χ2v) is 4.23. The predicted molar refractivity (Wildman–Crippen MR) is 65.3 cm³/mol. The van der Waals surface area contributed by atoms with Crippen molar-refractivity contribution in [3.63, 3.8) is 0 Å². The lowest BCUT2D eigenvalue weighted by atomic mass is 10.2. The summed E-state index contributed by atoms with van der Waals surface area (Å²) in [6.45, 7) is 0. The molecule has 0 aliphatic carbocycles. The molecule has 0 radical (unpaired) electrons. The van der Waals surface area contributed by atoms with Crippen LogP contribution in [0.15, 0.2) is 46.9 Å². The van der Waals surface area contributed by atoms with Crippen molar-refractivity contribution in [3.8, 4) is 17.6 Å². The number of halogens is 2. The molecule has 2 aromatic rings. The van der Waals surface area contributed by atoms with Gasteiger partial charge in [0.2, 0.25) is 0 Å². The van der Waals surface area contributed by atoms with Gasteiger partial charge in [0.15, 0.2) is 0 Å². The molecule has 0 aromatic heterocycles. The van der Waals surface area contributed by atoms with Crippen LogP contribution in [-0.4, -0.2) is 0 Å². The molecule has 0 aliphatic heterocycles. The summed E-state index contributed by atoms with van der Waals surface area (Å²) in [4.78, 5) is 0. The van der Waals surface area contributed by atoms with Gasteiger partial charge in [-0.3, -0.25) is 0 Å². The van der Waals surface area contributed by atoms with E-state index < -0.39 is 0 Å². The number of nitriles is 1. The molecule has 0 bridgehead atoms. The summed E-state index contributed by atoms with van der Waals surface area (Å²) in [7, 11) is 0. The highest BCUT2D eigenvalue weighted by molar-refractivity contribution is 9.10. The van der Waals surface area contributed by atoms with Crippen LogP contribution in [0.3, 0.4) is 0 Å². The third kappa shape index (κ3) is 2.83. The lowest BCUT2D eigenvalue weighted by molar-refractivity contribution is 0.475. The maximum absolute atomic E-state index is 13.0. The van der Waals surface area contributed by atoms with Crippen molar-refractivity contribution < 1.29 is 9.13 Å². The predicted octanol–water partition coefficient (Wildman–Crippen LogP) is 4.25. The van der Waals surface area contributed by atoms with Gasteiger partial charge in [-0.05, 0) is 30.3 Å². The number of rotatable bonds is 2. The molecule has 17 heavy (non-hydrogen) atoms. The second-order valence-electron chi connectivity index (χ2n) is 3.31. The zero-order valence-electron chi connectivity index (χ0n) is 8.65. The van der Waals surface area contributed by atoms with Crippen molar-refractivity contribution in [1.82, 2.24) is 0 Å². The molecule has 0 aliphatic rings. The second kappa shape index (κ2) is 4.98. The van der Waals surface area contributed by atoms with E-state index in [2.05, 4.69) is 15.9 Å². The Balaban J connectivity index is 2.36. The maximum Gasteiger partial charge on any atom is 0.146 e. The van der Waals surface area contributed by atoms with Gasteiger partial charge in [0.1, 0.15) is 23.4 Å². The molecule has 0 N–H and O–H groups in total. The van der Waals surface area contributed by atoms with Crippen molar-refractivity contribution in [2.45, 2.75) is 0 Å². The fraction of sp³-hybridized carbons (Fsp3) is 0. The molecule has 2 rings (SSSR count). The first-order chi connectivity index (χ1) is 8.19. The molecule has 0 unspecified atom stereocenters. The van der Waals surface area contributed by atoms with Crippen LogP contribution in [0.1, 0.15) is 5.56 Å². The minimum absolute atomic E-state index is 0.361. The molecule has 0 heterocycles. The van der Waals surface area contributed by atoms with Gasteiger partial charge in [-0.2, -0.15) is 5.26 Å². The molecule has 84 valence electrons. The minimum Gasteiger partial charge on any atom is -0.456 e. The van der Waals surface area contributed by atoms with E-state index in [1.54, 1.807) is 30.3 Å². The fourth-order valence-corrected chi connectivity index (χ4v) is 1.67. The minimum atomic E-state index is -0.379. The van der Waals surface area contributed by atoms with E-state index in [1.807, 2.05) is 6.07 Å². The van der Waals surface area contributed by atoms with Gasteiger partial charge in [-0.25, -0.2) is 4.39 Å². The fourth-order valence-electron chi connectivity index (χ4n) is 1.33. The van der Waals surface area contributed by atoms with Crippen LogP contribution in [0.2, 0.25) is 0 Å². The van der Waals surface area contributed by atoms with Crippen LogP contribution in [0.25, 0.3) is 0 Å². The lowest BCUT2D eigenvalue weighted by Crippen LogP contribution is -1.88. The Bertz CT molecular complexity index is 592. The van der Waals surface area contributed by atoms with Crippen LogP contribution in [-0.2, 0) is 0 Å². The summed E-state index contributed by atoms with van der Waals surface area (Å²) in [5, 5.41) is 8.92. The smallest absolute Gasteiger partial charge is 0.146 e.